The number of methoxy groups -OCH3 is 2. The minimum Gasteiger partial charge on any atom is -0.493 e. The minimum absolute atomic E-state index is 0.0166. The van der Waals surface area contributed by atoms with E-state index in [1.807, 2.05) is 24.4 Å². The molecule has 3 aromatic rings. The van der Waals surface area contributed by atoms with E-state index < -0.39 is 5.82 Å². The maximum Gasteiger partial charge on any atom is 0.162 e. The van der Waals surface area contributed by atoms with Gasteiger partial charge in [0, 0.05) is 35.0 Å². The van der Waals surface area contributed by atoms with Crippen LogP contribution in [0.5, 0.6) is 11.5 Å². The fraction of sp³-hybridized carbons (Fsp3) is 0.250. The summed E-state index contributed by atoms with van der Waals surface area (Å²) in [4.78, 5) is 9.37. The number of aryl methyl sites for hydroxylation is 1. The topological polar surface area (TPSA) is 63.9 Å². The molecule has 7 heteroatoms. The van der Waals surface area contributed by atoms with Crippen LogP contribution in [0.15, 0.2) is 47.5 Å². The third kappa shape index (κ3) is 4.13. The number of aromatic nitrogens is 1. The number of hydrogen-bond acceptors (Lipinski definition) is 5. The Hall–Kier alpha value is -2.96. The fourth-order valence-corrected chi connectivity index (χ4v) is 3.94. The molecule has 31 heavy (non-hydrogen) atoms. The summed E-state index contributed by atoms with van der Waals surface area (Å²) >= 11 is 5.96. The third-order valence-electron chi connectivity index (χ3n) is 5.46. The molecule has 2 heterocycles. The lowest BCUT2D eigenvalue weighted by Crippen LogP contribution is -2.06. The van der Waals surface area contributed by atoms with Crippen LogP contribution in [0.25, 0.3) is 11.3 Å². The number of benzene rings is 2. The van der Waals surface area contributed by atoms with Gasteiger partial charge in [0.25, 0.3) is 0 Å². The molecule has 1 aromatic heterocycles. The molecule has 5 nitrogen and oxygen atoms in total. The van der Waals surface area contributed by atoms with Crippen molar-refractivity contribution in [1.29, 1.82) is 0 Å². The predicted octanol–water partition coefficient (Wildman–Crippen LogP) is 5.48. The zero-order valence-electron chi connectivity index (χ0n) is 17.2. The Kier molecular flexibility index (Phi) is 6.20. The highest BCUT2D eigenvalue weighted by Crippen LogP contribution is 2.38. The van der Waals surface area contributed by atoms with Gasteiger partial charge >= 0.3 is 0 Å². The first-order valence-corrected chi connectivity index (χ1v) is 10.3. The molecule has 0 amide bonds. The van der Waals surface area contributed by atoms with Crippen LogP contribution in [0.4, 0.5) is 10.1 Å². The zero-order chi connectivity index (χ0) is 22.0. The molecule has 0 saturated heterocycles. The average Bonchev–Trinajstić information content (AvgIpc) is 3.01. The van der Waals surface area contributed by atoms with Gasteiger partial charge in [0.2, 0.25) is 0 Å². The van der Waals surface area contributed by atoms with Gasteiger partial charge in [0.1, 0.15) is 0 Å². The Bertz CT molecular complexity index is 1150. The van der Waals surface area contributed by atoms with E-state index in [0.717, 1.165) is 29.8 Å². The van der Waals surface area contributed by atoms with Gasteiger partial charge in [0.05, 0.1) is 37.2 Å². The van der Waals surface area contributed by atoms with Crippen molar-refractivity contribution in [2.24, 2.45) is 4.99 Å². The highest BCUT2D eigenvalue weighted by atomic mass is 35.5. The largest absolute Gasteiger partial charge is 0.493 e. The number of nitrogens with zero attached hydrogens (tertiary/aromatic N) is 2. The molecule has 1 unspecified atom stereocenters. The molecule has 0 fully saturated rings. The number of pyridine rings is 1. The summed E-state index contributed by atoms with van der Waals surface area (Å²) < 4.78 is 25.5. The molecule has 160 valence electrons. The van der Waals surface area contributed by atoms with Crippen LogP contribution >= 0.6 is 11.6 Å². The second kappa shape index (κ2) is 9.04. The van der Waals surface area contributed by atoms with Crippen LogP contribution in [0, 0.1) is 5.82 Å². The number of hydrogen-bond donors (Lipinski definition) is 1. The first-order valence-electron chi connectivity index (χ1n) is 9.89. The van der Waals surface area contributed by atoms with Crippen molar-refractivity contribution in [2.75, 3.05) is 14.2 Å². The SMILES string of the molecule is COc1cc2c(cc1OC)N=CC(c1ccc(CO)c(-c3cccc(Cl)c3F)n1)CC2. The predicted molar refractivity (Wildman–Crippen MR) is 119 cm³/mol. The summed E-state index contributed by atoms with van der Waals surface area (Å²) in [6, 6.07) is 12.2. The number of halogens is 2. The molecular formula is C24H22ClFN2O3. The molecule has 1 N–H and O–H groups in total. The van der Waals surface area contributed by atoms with Gasteiger partial charge in [-0.2, -0.15) is 0 Å². The van der Waals surface area contributed by atoms with Crippen molar-refractivity contribution in [2.45, 2.75) is 25.4 Å². The lowest BCUT2D eigenvalue weighted by atomic mass is 9.96. The monoisotopic (exact) mass is 440 g/mol. The molecule has 0 spiro atoms. The average molecular weight is 441 g/mol. The summed E-state index contributed by atoms with van der Waals surface area (Å²) in [5, 5.41) is 9.77. The minimum atomic E-state index is -0.551. The van der Waals surface area contributed by atoms with Crippen molar-refractivity contribution in [3.05, 3.63) is 70.1 Å². The van der Waals surface area contributed by atoms with Crippen LogP contribution in [-0.2, 0) is 13.0 Å². The van der Waals surface area contributed by atoms with Crippen molar-refractivity contribution in [3.63, 3.8) is 0 Å². The van der Waals surface area contributed by atoms with Gasteiger partial charge in [-0.05, 0) is 42.7 Å². The highest BCUT2D eigenvalue weighted by molar-refractivity contribution is 6.31. The first kappa shape index (κ1) is 21.3. The molecule has 1 atom stereocenters. The number of aliphatic hydroxyl groups excluding tert-OH is 1. The molecule has 0 aliphatic carbocycles. The number of ether oxygens (including phenoxy) is 2. The zero-order valence-corrected chi connectivity index (χ0v) is 18.0. The van der Waals surface area contributed by atoms with Crippen molar-refractivity contribution >= 4 is 23.5 Å². The van der Waals surface area contributed by atoms with Crippen LogP contribution in [0.3, 0.4) is 0 Å². The number of rotatable bonds is 5. The Morgan fingerprint density at radius 1 is 1.13 bits per heavy atom. The molecule has 2 aromatic carbocycles. The quantitative estimate of drug-likeness (QED) is 0.570. The third-order valence-corrected chi connectivity index (χ3v) is 5.75. The van der Waals surface area contributed by atoms with E-state index in [9.17, 15) is 9.50 Å². The molecule has 0 bridgehead atoms. The van der Waals surface area contributed by atoms with Gasteiger partial charge in [-0.3, -0.25) is 9.98 Å². The smallest absolute Gasteiger partial charge is 0.162 e. The van der Waals surface area contributed by atoms with Gasteiger partial charge < -0.3 is 14.6 Å². The number of aliphatic hydroxyl groups is 1. The summed E-state index contributed by atoms with van der Waals surface area (Å²) in [6.45, 7) is -0.252. The molecular weight excluding hydrogens is 419 g/mol. The van der Waals surface area contributed by atoms with Crippen LogP contribution in [0.2, 0.25) is 5.02 Å². The Balaban J connectivity index is 1.71. The lowest BCUT2D eigenvalue weighted by Gasteiger charge is -2.15. The normalized spacial score (nSPS) is 15.3. The van der Waals surface area contributed by atoms with E-state index in [-0.39, 0.29) is 23.1 Å². The Morgan fingerprint density at radius 3 is 2.65 bits per heavy atom. The Morgan fingerprint density at radius 2 is 1.90 bits per heavy atom. The highest BCUT2D eigenvalue weighted by Gasteiger charge is 2.21. The van der Waals surface area contributed by atoms with E-state index in [2.05, 4.69) is 4.99 Å². The second-order valence-corrected chi connectivity index (χ2v) is 7.67. The molecule has 0 saturated carbocycles. The maximum atomic E-state index is 14.7. The number of fused-ring (bicyclic) bond motifs is 1. The molecule has 1 aliphatic heterocycles. The van der Waals surface area contributed by atoms with Gasteiger partial charge in [-0.1, -0.05) is 23.7 Å². The summed E-state index contributed by atoms with van der Waals surface area (Å²) in [7, 11) is 3.20. The van der Waals surface area contributed by atoms with Crippen LogP contribution in [0.1, 0.15) is 29.2 Å². The lowest BCUT2D eigenvalue weighted by molar-refractivity contribution is 0.282. The standard InChI is InChI=1S/C24H22ClFN2O3/c1-30-21-10-14-6-7-15(12-27-20(14)11-22(21)31-2)19-9-8-16(13-29)24(28-19)17-4-3-5-18(25)23(17)26/h3-5,8-12,15,29H,6-7,13H2,1-2H3. The van der Waals surface area contributed by atoms with E-state index in [1.54, 1.807) is 32.4 Å². The van der Waals surface area contributed by atoms with Gasteiger partial charge in [-0.25, -0.2) is 4.39 Å². The van der Waals surface area contributed by atoms with Crippen LogP contribution in [-0.4, -0.2) is 30.5 Å². The fourth-order valence-electron chi connectivity index (χ4n) is 3.77. The van der Waals surface area contributed by atoms with Crippen LogP contribution < -0.4 is 9.47 Å². The van der Waals surface area contributed by atoms with Gasteiger partial charge in [-0.15, -0.1) is 0 Å². The second-order valence-electron chi connectivity index (χ2n) is 7.26. The molecule has 0 radical (unpaired) electrons. The van der Waals surface area contributed by atoms with E-state index in [4.69, 9.17) is 26.1 Å². The van der Waals surface area contributed by atoms with Crippen molar-refractivity contribution < 1.29 is 19.0 Å². The molecule has 4 rings (SSSR count). The first-order chi connectivity index (χ1) is 15.0. The summed E-state index contributed by atoms with van der Waals surface area (Å²) in [6.07, 6.45) is 3.40. The van der Waals surface area contributed by atoms with E-state index in [0.29, 0.717) is 22.8 Å². The number of aliphatic imine (C=N–C) groups is 1. The molecule has 1 aliphatic rings. The van der Waals surface area contributed by atoms with E-state index in [1.165, 1.54) is 6.07 Å². The summed E-state index contributed by atoms with van der Waals surface area (Å²) in [5.41, 5.74) is 3.83. The van der Waals surface area contributed by atoms with E-state index >= 15 is 0 Å². The van der Waals surface area contributed by atoms with Gasteiger partial charge in [0.15, 0.2) is 17.3 Å². The Labute approximate surface area is 185 Å². The van der Waals surface area contributed by atoms with Crippen molar-refractivity contribution in [3.8, 4) is 22.8 Å². The summed E-state index contributed by atoms with van der Waals surface area (Å²) in [5.74, 6) is 0.669. The van der Waals surface area contributed by atoms with Crippen molar-refractivity contribution in [1.82, 2.24) is 4.98 Å². The maximum absolute atomic E-state index is 14.7.